The summed E-state index contributed by atoms with van der Waals surface area (Å²) < 4.78 is 0. The predicted octanol–water partition coefficient (Wildman–Crippen LogP) is 5.91. The van der Waals surface area contributed by atoms with E-state index in [2.05, 4.69) is 30.6 Å². The Morgan fingerprint density at radius 3 is 1.17 bits per heavy atom. The first-order chi connectivity index (χ1) is 22.1. The maximum absolute atomic E-state index is 11.4. The summed E-state index contributed by atoms with van der Waals surface area (Å²) in [5.74, 6) is -1.86. The van der Waals surface area contributed by atoms with Crippen molar-refractivity contribution in [3.8, 4) is 22.8 Å². The highest BCUT2D eigenvalue weighted by Gasteiger charge is 2.16. The van der Waals surface area contributed by atoms with Crippen LogP contribution in [-0.4, -0.2) is 53.9 Å². The van der Waals surface area contributed by atoms with Gasteiger partial charge in [0.05, 0.1) is 11.0 Å². The van der Waals surface area contributed by atoms with Crippen molar-refractivity contribution in [1.82, 2.24) is 19.9 Å². The van der Waals surface area contributed by atoms with Gasteiger partial charge in [0, 0.05) is 47.1 Å². The molecule has 0 saturated carbocycles. The highest BCUT2D eigenvalue weighted by molar-refractivity contribution is 6.02. The van der Waals surface area contributed by atoms with Crippen molar-refractivity contribution in [2.75, 3.05) is 10.6 Å². The Balaban J connectivity index is 0.000000181. The third-order valence-electron chi connectivity index (χ3n) is 6.54. The summed E-state index contributed by atoms with van der Waals surface area (Å²) in [6, 6.07) is 27.8. The van der Waals surface area contributed by atoms with Gasteiger partial charge < -0.3 is 20.8 Å². The molecule has 0 bridgehead atoms. The largest absolute Gasteiger partial charge is 0.476 e. The number of benzene rings is 4. The monoisotopic (exact) mass is 614 g/mol. The molecule has 2 amide bonds. The van der Waals surface area contributed by atoms with E-state index in [-0.39, 0.29) is 23.2 Å². The number of carboxylic acid groups (broad SMARTS) is 2. The smallest absolute Gasteiger partial charge is 0.355 e. The molecule has 0 fully saturated rings. The molecule has 0 saturated heterocycles. The fraction of sp³-hybridized carbons (Fsp3) is 0.0588. The number of rotatable bonds is 6. The predicted molar refractivity (Wildman–Crippen MR) is 172 cm³/mol. The van der Waals surface area contributed by atoms with E-state index in [0.29, 0.717) is 56.0 Å². The fourth-order valence-corrected chi connectivity index (χ4v) is 4.55. The first-order valence-electron chi connectivity index (χ1n) is 13.8. The lowest BCUT2D eigenvalue weighted by Crippen LogP contribution is -2.06. The number of hydrogen-bond donors (Lipinski definition) is 4. The molecule has 0 atom stereocenters. The van der Waals surface area contributed by atoms with E-state index in [4.69, 9.17) is 0 Å². The van der Waals surface area contributed by atoms with Crippen molar-refractivity contribution in [2.24, 2.45) is 0 Å². The topological polar surface area (TPSA) is 184 Å². The summed E-state index contributed by atoms with van der Waals surface area (Å²) in [6.45, 7) is 2.86. The average Bonchev–Trinajstić information content (AvgIpc) is 3.04. The Hall–Kier alpha value is -6.56. The molecular formula is C34H26N6O6. The van der Waals surface area contributed by atoms with Gasteiger partial charge in [0.15, 0.2) is 23.0 Å². The standard InChI is InChI=1S/2C17H13N3O3/c2*1-10(21)18-12-8-6-11(7-9-12)16-19-14-5-3-2-4-13(14)15(20-16)17(22)23/h2*2-9H,1H3,(H,18,21)(H,22,23). The van der Waals surface area contributed by atoms with Crippen molar-refractivity contribution in [1.29, 1.82) is 0 Å². The Labute approximate surface area is 261 Å². The third-order valence-corrected chi connectivity index (χ3v) is 6.54. The molecular weight excluding hydrogens is 588 g/mol. The van der Waals surface area contributed by atoms with Crippen molar-refractivity contribution >= 4 is 56.9 Å². The van der Waals surface area contributed by atoms with E-state index in [1.54, 1.807) is 97.1 Å². The van der Waals surface area contributed by atoms with E-state index in [1.165, 1.54) is 13.8 Å². The van der Waals surface area contributed by atoms with Crippen LogP contribution in [0.1, 0.15) is 34.8 Å². The SMILES string of the molecule is CC(=O)Nc1ccc(-c2nc(C(=O)O)c3ccccc3n2)cc1.CC(=O)Nc1ccc(-c2nc(C(=O)O)c3ccccc3n2)cc1. The molecule has 12 heteroatoms. The van der Waals surface area contributed by atoms with Crippen LogP contribution in [0.5, 0.6) is 0 Å². The summed E-state index contributed by atoms with van der Waals surface area (Å²) in [6.07, 6.45) is 0. The van der Waals surface area contributed by atoms with Crippen LogP contribution in [-0.2, 0) is 9.59 Å². The molecule has 0 aliphatic heterocycles. The summed E-state index contributed by atoms with van der Waals surface area (Å²) >= 11 is 0. The number of anilines is 2. The van der Waals surface area contributed by atoms with Gasteiger partial charge in [0.2, 0.25) is 11.8 Å². The Morgan fingerprint density at radius 2 is 0.848 bits per heavy atom. The zero-order chi connectivity index (χ0) is 32.8. The maximum Gasteiger partial charge on any atom is 0.355 e. The number of nitrogens with zero attached hydrogens (tertiary/aromatic N) is 4. The number of hydrogen-bond acceptors (Lipinski definition) is 8. The molecule has 6 rings (SSSR count). The second kappa shape index (κ2) is 13.4. The molecule has 0 spiro atoms. The highest BCUT2D eigenvalue weighted by Crippen LogP contribution is 2.24. The van der Waals surface area contributed by atoms with Gasteiger partial charge in [-0.15, -0.1) is 0 Å². The number of carbonyl (C=O) groups is 4. The van der Waals surface area contributed by atoms with E-state index in [1.807, 2.05) is 0 Å². The first kappa shape index (κ1) is 30.9. The van der Waals surface area contributed by atoms with Crippen molar-refractivity contribution in [3.05, 3.63) is 108 Å². The molecule has 0 aliphatic rings. The van der Waals surface area contributed by atoms with Gasteiger partial charge in [-0.25, -0.2) is 29.5 Å². The summed E-state index contributed by atoms with van der Waals surface area (Å²) in [4.78, 5) is 62.1. The number of carboxylic acids is 2. The minimum atomic E-state index is -1.10. The van der Waals surface area contributed by atoms with Crippen LogP contribution in [0.2, 0.25) is 0 Å². The lowest BCUT2D eigenvalue weighted by atomic mass is 10.1. The fourth-order valence-electron chi connectivity index (χ4n) is 4.55. The zero-order valence-corrected chi connectivity index (χ0v) is 24.6. The molecule has 2 aromatic heterocycles. The quantitative estimate of drug-likeness (QED) is 0.176. The van der Waals surface area contributed by atoms with Gasteiger partial charge in [-0.1, -0.05) is 36.4 Å². The van der Waals surface area contributed by atoms with Gasteiger partial charge in [0.1, 0.15) is 0 Å². The lowest BCUT2D eigenvalue weighted by Gasteiger charge is -2.07. The van der Waals surface area contributed by atoms with E-state index in [0.717, 1.165) is 0 Å². The second-order valence-corrected chi connectivity index (χ2v) is 9.95. The minimum Gasteiger partial charge on any atom is -0.476 e. The van der Waals surface area contributed by atoms with Crippen LogP contribution in [0.15, 0.2) is 97.1 Å². The molecule has 0 aliphatic carbocycles. The number of aromatic carboxylic acids is 2. The number of amides is 2. The first-order valence-corrected chi connectivity index (χ1v) is 13.8. The molecule has 0 unspecified atom stereocenters. The molecule has 2 heterocycles. The third kappa shape index (κ3) is 7.14. The van der Waals surface area contributed by atoms with Crippen LogP contribution in [0.25, 0.3) is 44.6 Å². The van der Waals surface area contributed by atoms with Crippen molar-refractivity contribution in [3.63, 3.8) is 0 Å². The molecule has 4 N–H and O–H groups in total. The number of carbonyl (C=O) groups excluding carboxylic acids is 2. The van der Waals surface area contributed by atoms with Crippen LogP contribution in [0.3, 0.4) is 0 Å². The van der Waals surface area contributed by atoms with Gasteiger partial charge >= 0.3 is 11.9 Å². The van der Waals surface area contributed by atoms with E-state index >= 15 is 0 Å². The van der Waals surface area contributed by atoms with Crippen LogP contribution >= 0.6 is 0 Å². The van der Waals surface area contributed by atoms with Crippen LogP contribution in [0, 0.1) is 0 Å². The number of aromatic nitrogens is 4. The minimum absolute atomic E-state index is 0.0310. The molecule has 0 radical (unpaired) electrons. The number of nitrogens with one attached hydrogen (secondary N) is 2. The number of para-hydroxylation sites is 2. The van der Waals surface area contributed by atoms with Gasteiger partial charge in [-0.3, -0.25) is 9.59 Å². The van der Waals surface area contributed by atoms with Gasteiger partial charge in [-0.05, 0) is 60.7 Å². The van der Waals surface area contributed by atoms with E-state index < -0.39 is 11.9 Å². The Kier molecular flexibility index (Phi) is 8.99. The zero-order valence-electron chi connectivity index (χ0n) is 24.6. The molecule has 4 aromatic carbocycles. The normalized spacial score (nSPS) is 10.5. The summed E-state index contributed by atoms with van der Waals surface area (Å²) in [7, 11) is 0. The second-order valence-electron chi connectivity index (χ2n) is 9.95. The van der Waals surface area contributed by atoms with E-state index in [9.17, 15) is 29.4 Å². The van der Waals surface area contributed by atoms with Gasteiger partial charge in [-0.2, -0.15) is 0 Å². The highest BCUT2D eigenvalue weighted by atomic mass is 16.4. The summed E-state index contributed by atoms with van der Waals surface area (Å²) in [5, 5.41) is 25.1. The maximum atomic E-state index is 11.4. The lowest BCUT2D eigenvalue weighted by molar-refractivity contribution is -0.115. The Bertz CT molecular complexity index is 1960. The van der Waals surface area contributed by atoms with Gasteiger partial charge in [0.25, 0.3) is 0 Å². The molecule has 12 nitrogen and oxygen atoms in total. The number of fused-ring (bicyclic) bond motifs is 2. The molecule has 6 aromatic rings. The van der Waals surface area contributed by atoms with Crippen molar-refractivity contribution < 1.29 is 29.4 Å². The van der Waals surface area contributed by atoms with Crippen molar-refractivity contribution in [2.45, 2.75) is 13.8 Å². The molecule has 46 heavy (non-hydrogen) atoms. The van der Waals surface area contributed by atoms with Crippen LogP contribution in [0.4, 0.5) is 11.4 Å². The Morgan fingerprint density at radius 1 is 0.500 bits per heavy atom. The molecule has 228 valence electrons. The van der Waals surface area contributed by atoms with Crippen LogP contribution < -0.4 is 10.6 Å². The summed E-state index contributed by atoms with van der Waals surface area (Å²) in [5.41, 5.74) is 3.73. The average molecular weight is 615 g/mol.